The smallest absolute Gasteiger partial charge is 0.151 e. The number of hydrogen-bond donors (Lipinski definition) is 0. The molecule has 0 amide bonds. The Bertz CT molecular complexity index is 790. The Hall–Kier alpha value is -1.58. The van der Waals surface area contributed by atoms with Crippen molar-refractivity contribution in [3.05, 3.63) is 29.6 Å². The molecule has 7 heteroatoms. The van der Waals surface area contributed by atoms with Crippen molar-refractivity contribution < 1.29 is 8.42 Å². The Morgan fingerprint density at radius 2 is 2.19 bits per heavy atom. The minimum absolute atomic E-state index is 0.0566. The van der Waals surface area contributed by atoms with E-state index >= 15 is 0 Å². The summed E-state index contributed by atoms with van der Waals surface area (Å²) < 4.78 is 25.3. The van der Waals surface area contributed by atoms with Crippen molar-refractivity contribution >= 4 is 32.5 Å². The predicted octanol–water partition coefficient (Wildman–Crippen LogP) is 2.12. The number of fused-ring (bicyclic) bond motifs is 1. The van der Waals surface area contributed by atoms with Gasteiger partial charge >= 0.3 is 0 Å². The fourth-order valence-corrected chi connectivity index (χ4v) is 3.10. The first-order chi connectivity index (χ1) is 10.0. The van der Waals surface area contributed by atoms with Crippen molar-refractivity contribution in [3.8, 4) is 6.07 Å². The van der Waals surface area contributed by atoms with E-state index in [9.17, 15) is 8.42 Å². The van der Waals surface area contributed by atoms with Gasteiger partial charge in [0.15, 0.2) is 9.84 Å². The van der Waals surface area contributed by atoms with Crippen molar-refractivity contribution in [2.75, 3.05) is 17.4 Å². The van der Waals surface area contributed by atoms with Crippen LogP contribution < -0.4 is 0 Å². The topological polar surface area (TPSA) is 75.8 Å². The summed E-state index contributed by atoms with van der Waals surface area (Å²) in [5, 5.41) is 9.14. The van der Waals surface area contributed by atoms with Crippen molar-refractivity contribution in [2.45, 2.75) is 19.9 Å². The first-order valence-corrected chi connectivity index (χ1v) is 9.02. The average molecular weight is 326 g/mol. The van der Waals surface area contributed by atoms with Gasteiger partial charge in [-0.25, -0.2) is 13.4 Å². The minimum Gasteiger partial charge on any atom is -0.327 e. The molecule has 2 rings (SSSR count). The van der Waals surface area contributed by atoms with Crippen LogP contribution in [0, 0.1) is 11.3 Å². The molecule has 0 unspecified atom stereocenters. The lowest BCUT2D eigenvalue weighted by atomic mass is 10.2. The number of benzene rings is 1. The van der Waals surface area contributed by atoms with Gasteiger partial charge in [-0.1, -0.05) is 13.0 Å². The molecule has 21 heavy (non-hydrogen) atoms. The molecule has 0 radical (unpaired) electrons. The fraction of sp³-hybridized carbons (Fsp3) is 0.429. The molecule has 0 aliphatic carbocycles. The number of para-hydroxylation sites is 1. The molecule has 0 spiro atoms. The Morgan fingerprint density at radius 3 is 2.81 bits per heavy atom. The summed E-state index contributed by atoms with van der Waals surface area (Å²) in [6, 6.07) is 7.43. The summed E-state index contributed by atoms with van der Waals surface area (Å²) in [5.41, 5.74) is 1.87. The molecule has 0 bridgehead atoms. The number of nitrogens with zero attached hydrogens (tertiary/aromatic N) is 3. The summed E-state index contributed by atoms with van der Waals surface area (Å²) in [6.07, 6.45) is 0.535. The lowest BCUT2D eigenvalue weighted by molar-refractivity contribution is 0.589. The van der Waals surface area contributed by atoms with Crippen LogP contribution in [0.2, 0.25) is 0 Å². The number of hydrogen-bond acceptors (Lipinski definition) is 4. The second-order valence-corrected chi connectivity index (χ2v) is 7.49. The number of imidazole rings is 1. The summed E-state index contributed by atoms with van der Waals surface area (Å²) in [7, 11) is -3.06. The molecule has 5 nitrogen and oxygen atoms in total. The van der Waals surface area contributed by atoms with E-state index in [-0.39, 0.29) is 11.5 Å². The summed E-state index contributed by atoms with van der Waals surface area (Å²) in [4.78, 5) is 4.46. The van der Waals surface area contributed by atoms with Crippen molar-refractivity contribution in [3.63, 3.8) is 0 Å². The van der Waals surface area contributed by atoms with Gasteiger partial charge in [-0.2, -0.15) is 5.26 Å². The molecule has 112 valence electrons. The SMILES string of the molecule is CCS(=O)(=O)CCn1c(CCCl)nc2c(C#N)cccc21. The molecular weight excluding hydrogens is 310 g/mol. The van der Waals surface area contributed by atoms with Crippen LogP contribution in [0.1, 0.15) is 18.3 Å². The van der Waals surface area contributed by atoms with Crippen LogP contribution in [0.3, 0.4) is 0 Å². The third-order valence-electron chi connectivity index (χ3n) is 3.36. The molecule has 1 aromatic heterocycles. The van der Waals surface area contributed by atoms with Crippen LogP contribution in [-0.2, 0) is 22.8 Å². The average Bonchev–Trinajstić information content (AvgIpc) is 2.83. The van der Waals surface area contributed by atoms with Crippen molar-refractivity contribution in [1.29, 1.82) is 5.26 Å². The van der Waals surface area contributed by atoms with Gasteiger partial charge in [-0.05, 0) is 12.1 Å². The third-order valence-corrected chi connectivity index (χ3v) is 5.24. The monoisotopic (exact) mass is 325 g/mol. The van der Waals surface area contributed by atoms with Gasteiger partial charge in [0.05, 0.1) is 16.8 Å². The number of halogens is 1. The van der Waals surface area contributed by atoms with Gasteiger partial charge in [-0.15, -0.1) is 11.6 Å². The lowest BCUT2D eigenvalue weighted by Crippen LogP contribution is -2.16. The molecule has 0 saturated heterocycles. The second-order valence-electron chi connectivity index (χ2n) is 4.64. The maximum Gasteiger partial charge on any atom is 0.151 e. The number of nitriles is 1. The molecule has 1 aromatic carbocycles. The minimum atomic E-state index is -3.06. The van der Waals surface area contributed by atoms with Gasteiger partial charge in [0.1, 0.15) is 17.4 Å². The molecule has 0 atom stereocenters. The van der Waals surface area contributed by atoms with Crippen molar-refractivity contribution in [1.82, 2.24) is 9.55 Å². The Balaban J connectivity index is 2.50. The van der Waals surface area contributed by atoms with E-state index in [4.69, 9.17) is 16.9 Å². The zero-order chi connectivity index (χ0) is 15.5. The Labute approximate surface area is 129 Å². The predicted molar refractivity (Wildman–Crippen MR) is 83.2 cm³/mol. The highest BCUT2D eigenvalue weighted by molar-refractivity contribution is 7.91. The van der Waals surface area contributed by atoms with E-state index in [0.717, 1.165) is 5.52 Å². The number of aryl methyl sites for hydroxylation is 2. The highest BCUT2D eigenvalue weighted by atomic mass is 35.5. The van der Waals surface area contributed by atoms with E-state index in [1.807, 2.05) is 10.6 Å². The van der Waals surface area contributed by atoms with Crippen LogP contribution in [0.15, 0.2) is 18.2 Å². The maximum atomic E-state index is 11.7. The molecule has 0 aliphatic heterocycles. The van der Waals surface area contributed by atoms with Crippen molar-refractivity contribution in [2.24, 2.45) is 0 Å². The molecule has 0 saturated carbocycles. The zero-order valence-corrected chi connectivity index (χ0v) is 13.3. The zero-order valence-electron chi connectivity index (χ0n) is 11.7. The number of sulfone groups is 1. The van der Waals surface area contributed by atoms with Gasteiger partial charge < -0.3 is 4.57 Å². The standard InChI is InChI=1S/C14H16ClN3O2S/c1-2-21(19,20)9-8-18-12-5-3-4-11(10-16)14(12)17-13(18)6-7-15/h3-5H,2,6-9H2,1H3. The second kappa shape index (κ2) is 6.46. The molecule has 0 aliphatic rings. The molecule has 0 N–H and O–H groups in total. The quantitative estimate of drug-likeness (QED) is 0.762. The molecule has 1 heterocycles. The molecule has 2 aromatic rings. The van der Waals surface area contributed by atoms with Gasteiger partial charge in [-0.3, -0.25) is 0 Å². The van der Waals surface area contributed by atoms with Gasteiger partial charge in [0.25, 0.3) is 0 Å². The number of aromatic nitrogens is 2. The van der Waals surface area contributed by atoms with Crippen LogP contribution >= 0.6 is 11.6 Å². The lowest BCUT2D eigenvalue weighted by Gasteiger charge is -2.08. The normalized spacial score (nSPS) is 11.7. The summed E-state index contributed by atoms with van der Waals surface area (Å²) in [5.74, 6) is 1.29. The van der Waals surface area contributed by atoms with E-state index in [1.165, 1.54) is 0 Å². The van der Waals surface area contributed by atoms with Crippen LogP contribution in [0.4, 0.5) is 0 Å². The Kier molecular flexibility index (Phi) is 4.86. The molecular formula is C14H16ClN3O2S. The largest absolute Gasteiger partial charge is 0.327 e. The third kappa shape index (κ3) is 3.36. The number of rotatable bonds is 6. The van der Waals surface area contributed by atoms with Crippen LogP contribution in [0.5, 0.6) is 0 Å². The van der Waals surface area contributed by atoms with Crippen LogP contribution in [0.25, 0.3) is 11.0 Å². The van der Waals surface area contributed by atoms with Crippen LogP contribution in [-0.4, -0.2) is 35.4 Å². The number of alkyl halides is 1. The van der Waals surface area contributed by atoms with E-state index < -0.39 is 9.84 Å². The molecule has 0 fully saturated rings. The maximum absolute atomic E-state index is 11.7. The first-order valence-electron chi connectivity index (χ1n) is 6.67. The van der Waals surface area contributed by atoms with E-state index in [1.54, 1.807) is 19.1 Å². The summed E-state index contributed by atoms with van der Waals surface area (Å²) >= 11 is 5.79. The van der Waals surface area contributed by atoms with Gasteiger partial charge in [0.2, 0.25) is 0 Å². The fourth-order valence-electron chi connectivity index (χ4n) is 2.18. The highest BCUT2D eigenvalue weighted by Gasteiger charge is 2.15. The summed E-state index contributed by atoms with van der Waals surface area (Å²) in [6.45, 7) is 1.96. The highest BCUT2D eigenvalue weighted by Crippen LogP contribution is 2.20. The van der Waals surface area contributed by atoms with Gasteiger partial charge in [0, 0.05) is 24.6 Å². The Morgan fingerprint density at radius 1 is 1.43 bits per heavy atom. The van der Waals surface area contributed by atoms with E-state index in [0.29, 0.717) is 35.8 Å². The first kappa shape index (κ1) is 15.8. The van der Waals surface area contributed by atoms with E-state index in [2.05, 4.69) is 11.1 Å².